The lowest BCUT2D eigenvalue weighted by molar-refractivity contribution is 0.0354. The second-order valence-corrected chi connectivity index (χ2v) is 3.51. The van der Waals surface area contributed by atoms with Crippen molar-refractivity contribution in [2.75, 3.05) is 19.7 Å². The highest BCUT2D eigenvalue weighted by atomic mass is 16.5. The molecule has 2 atom stereocenters. The quantitative estimate of drug-likeness (QED) is 0.640. The smallest absolute Gasteiger partial charge is 0.0728 e. The number of rotatable bonds is 4. The first-order chi connectivity index (χ1) is 5.79. The minimum absolute atomic E-state index is 0.491. The van der Waals surface area contributed by atoms with Gasteiger partial charge >= 0.3 is 0 Å². The van der Waals surface area contributed by atoms with Crippen LogP contribution in [-0.4, -0.2) is 36.7 Å². The Balaban J connectivity index is 2.37. The summed E-state index contributed by atoms with van der Waals surface area (Å²) < 4.78 is 5.66. The van der Waals surface area contributed by atoms with E-state index in [2.05, 4.69) is 25.7 Å². The molecular formula is C10H21NO. The van der Waals surface area contributed by atoms with Crippen LogP contribution in [-0.2, 0) is 4.74 Å². The Kier molecular flexibility index (Phi) is 4.02. The molecule has 0 bridgehead atoms. The predicted octanol–water partition coefficient (Wildman–Crippen LogP) is 1.90. The van der Waals surface area contributed by atoms with Crippen molar-refractivity contribution in [1.82, 2.24) is 4.90 Å². The van der Waals surface area contributed by atoms with Crippen LogP contribution in [0.4, 0.5) is 0 Å². The molecule has 0 aliphatic carbocycles. The summed E-state index contributed by atoms with van der Waals surface area (Å²) in [4.78, 5) is 2.47. The van der Waals surface area contributed by atoms with E-state index < -0.39 is 0 Å². The van der Waals surface area contributed by atoms with E-state index in [0.717, 1.165) is 19.7 Å². The number of nitrogens with zero attached hydrogens (tertiary/aromatic N) is 1. The standard InChI is InChI=1S/C10H21NO/c1-4-11(5-2)9(3)10-7-6-8-12-10/h9-10H,4-8H2,1-3H3. The van der Waals surface area contributed by atoms with Crippen LogP contribution in [0.25, 0.3) is 0 Å². The Bertz CT molecular complexity index is 115. The zero-order chi connectivity index (χ0) is 8.97. The summed E-state index contributed by atoms with van der Waals surface area (Å²) in [5.74, 6) is 0. The van der Waals surface area contributed by atoms with Gasteiger partial charge in [0.1, 0.15) is 0 Å². The minimum Gasteiger partial charge on any atom is -0.377 e. The van der Waals surface area contributed by atoms with Crippen LogP contribution in [0.1, 0.15) is 33.6 Å². The molecule has 0 aromatic rings. The Morgan fingerprint density at radius 2 is 2.08 bits per heavy atom. The highest BCUT2D eigenvalue weighted by molar-refractivity contribution is 4.78. The summed E-state index contributed by atoms with van der Waals surface area (Å²) >= 11 is 0. The molecule has 1 rings (SSSR count). The lowest BCUT2D eigenvalue weighted by atomic mass is 10.1. The SMILES string of the molecule is CCN(CC)C(C)C1CCCO1. The van der Waals surface area contributed by atoms with Crippen LogP contribution in [0.5, 0.6) is 0 Å². The van der Waals surface area contributed by atoms with Crippen molar-refractivity contribution in [2.24, 2.45) is 0 Å². The van der Waals surface area contributed by atoms with Gasteiger partial charge in [-0.2, -0.15) is 0 Å². The molecule has 1 fully saturated rings. The van der Waals surface area contributed by atoms with Crippen molar-refractivity contribution in [3.05, 3.63) is 0 Å². The molecule has 2 nitrogen and oxygen atoms in total. The molecule has 2 heteroatoms. The average Bonchev–Trinajstić information content (AvgIpc) is 2.58. The summed E-state index contributed by atoms with van der Waals surface area (Å²) in [7, 11) is 0. The summed E-state index contributed by atoms with van der Waals surface area (Å²) in [5.41, 5.74) is 0. The molecule has 0 aromatic heterocycles. The molecule has 1 aliphatic heterocycles. The van der Waals surface area contributed by atoms with Crippen molar-refractivity contribution in [3.63, 3.8) is 0 Å². The van der Waals surface area contributed by atoms with Gasteiger partial charge < -0.3 is 4.74 Å². The lowest BCUT2D eigenvalue weighted by Crippen LogP contribution is -2.40. The first-order valence-corrected chi connectivity index (χ1v) is 5.15. The molecule has 0 amide bonds. The molecule has 0 radical (unpaired) electrons. The maximum atomic E-state index is 5.66. The van der Waals surface area contributed by atoms with E-state index in [1.165, 1.54) is 12.8 Å². The number of ether oxygens (including phenoxy) is 1. The van der Waals surface area contributed by atoms with Gasteiger partial charge in [-0.05, 0) is 32.9 Å². The van der Waals surface area contributed by atoms with E-state index in [1.807, 2.05) is 0 Å². The van der Waals surface area contributed by atoms with Crippen molar-refractivity contribution in [2.45, 2.75) is 45.8 Å². The first kappa shape index (κ1) is 10.0. The van der Waals surface area contributed by atoms with Crippen LogP contribution in [0.3, 0.4) is 0 Å². The van der Waals surface area contributed by atoms with E-state index in [1.54, 1.807) is 0 Å². The topological polar surface area (TPSA) is 12.5 Å². The Morgan fingerprint density at radius 3 is 2.50 bits per heavy atom. The predicted molar refractivity (Wildman–Crippen MR) is 51.4 cm³/mol. The van der Waals surface area contributed by atoms with E-state index in [0.29, 0.717) is 12.1 Å². The van der Waals surface area contributed by atoms with E-state index in [9.17, 15) is 0 Å². The van der Waals surface area contributed by atoms with Gasteiger partial charge in [0.2, 0.25) is 0 Å². The number of likely N-dealkylation sites (N-methyl/N-ethyl adjacent to an activating group) is 1. The van der Waals surface area contributed by atoms with Gasteiger partial charge in [0, 0.05) is 12.6 Å². The highest BCUT2D eigenvalue weighted by Gasteiger charge is 2.25. The van der Waals surface area contributed by atoms with Crippen molar-refractivity contribution in [1.29, 1.82) is 0 Å². The van der Waals surface area contributed by atoms with Crippen molar-refractivity contribution >= 4 is 0 Å². The molecule has 72 valence electrons. The third-order valence-electron chi connectivity index (χ3n) is 2.89. The third kappa shape index (κ3) is 2.20. The third-order valence-corrected chi connectivity index (χ3v) is 2.89. The van der Waals surface area contributed by atoms with Gasteiger partial charge in [0.15, 0.2) is 0 Å². The van der Waals surface area contributed by atoms with E-state index >= 15 is 0 Å². The summed E-state index contributed by atoms with van der Waals surface area (Å²) in [6, 6.07) is 0.600. The van der Waals surface area contributed by atoms with Crippen LogP contribution in [0.2, 0.25) is 0 Å². The Labute approximate surface area is 75.9 Å². The number of hydrogen-bond donors (Lipinski definition) is 0. The molecule has 1 heterocycles. The molecule has 0 N–H and O–H groups in total. The fraction of sp³-hybridized carbons (Fsp3) is 1.00. The van der Waals surface area contributed by atoms with Gasteiger partial charge in [0.05, 0.1) is 6.10 Å². The largest absolute Gasteiger partial charge is 0.377 e. The van der Waals surface area contributed by atoms with Gasteiger partial charge in [-0.3, -0.25) is 4.90 Å². The van der Waals surface area contributed by atoms with E-state index in [4.69, 9.17) is 4.74 Å². The molecule has 12 heavy (non-hydrogen) atoms. The maximum absolute atomic E-state index is 5.66. The molecule has 0 saturated carbocycles. The lowest BCUT2D eigenvalue weighted by Gasteiger charge is -2.30. The van der Waals surface area contributed by atoms with Crippen LogP contribution >= 0.6 is 0 Å². The molecule has 0 aromatic carbocycles. The zero-order valence-corrected chi connectivity index (χ0v) is 8.55. The van der Waals surface area contributed by atoms with Gasteiger partial charge in [-0.25, -0.2) is 0 Å². The summed E-state index contributed by atoms with van der Waals surface area (Å²) in [6.07, 6.45) is 2.98. The monoisotopic (exact) mass is 171 g/mol. The Hall–Kier alpha value is -0.0800. The first-order valence-electron chi connectivity index (χ1n) is 5.15. The maximum Gasteiger partial charge on any atom is 0.0728 e. The number of hydrogen-bond acceptors (Lipinski definition) is 2. The zero-order valence-electron chi connectivity index (χ0n) is 8.55. The van der Waals surface area contributed by atoms with Crippen molar-refractivity contribution < 1.29 is 4.74 Å². The Morgan fingerprint density at radius 1 is 1.42 bits per heavy atom. The normalized spacial score (nSPS) is 26.5. The second kappa shape index (κ2) is 4.83. The van der Waals surface area contributed by atoms with Crippen LogP contribution in [0.15, 0.2) is 0 Å². The molecular weight excluding hydrogens is 150 g/mol. The molecule has 2 unspecified atom stereocenters. The summed E-state index contributed by atoms with van der Waals surface area (Å²) in [6.45, 7) is 9.96. The fourth-order valence-electron chi connectivity index (χ4n) is 2.02. The van der Waals surface area contributed by atoms with Crippen LogP contribution < -0.4 is 0 Å². The van der Waals surface area contributed by atoms with E-state index in [-0.39, 0.29) is 0 Å². The van der Waals surface area contributed by atoms with Crippen molar-refractivity contribution in [3.8, 4) is 0 Å². The molecule has 1 aliphatic rings. The highest BCUT2D eigenvalue weighted by Crippen LogP contribution is 2.18. The molecule has 0 spiro atoms. The minimum atomic E-state index is 0.491. The second-order valence-electron chi connectivity index (χ2n) is 3.51. The van der Waals surface area contributed by atoms with Crippen LogP contribution in [0, 0.1) is 0 Å². The molecule has 1 saturated heterocycles. The van der Waals surface area contributed by atoms with Gasteiger partial charge in [0.25, 0.3) is 0 Å². The fourth-order valence-corrected chi connectivity index (χ4v) is 2.02. The van der Waals surface area contributed by atoms with Gasteiger partial charge in [-0.15, -0.1) is 0 Å². The average molecular weight is 171 g/mol. The van der Waals surface area contributed by atoms with Gasteiger partial charge in [-0.1, -0.05) is 13.8 Å². The summed E-state index contributed by atoms with van der Waals surface area (Å²) in [5, 5.41) is 0.